The highest BCUT2D eigenvalue weighted by Crippen LogP contribution is 2.40. The smallest absolute Gasteiger partial charge is 0.221 e. The third-order valence-corrected chi connectivity index (χ3v) is 5.99. The van der Waals surface area contributed by atoms with Gasteiger partial charge in [0, 0.05) is 46.4 Å². The summed E-state index contributed by atoms with van der Waals surface area (Å²) >= 11 is 0. The van der Waals surface area contributed by atoms with Gasteiger partial charge in [0.25, 0.3) is 0 Å². The van der Waals surface area contributed by atoms with E-state index in [4.69, 9.17) is 0 Å². The Hall–Kier alpha value is -4.38. The average Bonchev–Trinajstić information content (AvgIpc) is 3.39. The van der Waals surface area contributed by atoms with Gasteiger partial charge in [0.15, 0.2) is 5.78 Å². The summed E-state index contributed by atoms with van der Waals surface area (Å²) in [5.74, 6) is 0.554. The van der Waals surface area contributed by atoms with Crippen molar-refractivity contribution < 1.29 is 9.59 Å². The number of para-hydroxylation sites is 2. The number of fused-ring (bicyclic) bond motifs is 1. The molecule has 0 bridgehead atoms. The van der Waals surface area contributed by atoms with Gasteiger partial charge >= 0.3 is 0 Å². The van der Waals surface area contributed by atoms with Gasteiger partial charge in [-0.05, 0) is 17.7 Å². The zero-order chi connectivity index (χ0) is 24.2. The van der Waals surface area contributed by atoms with E-state index >= 15 is 0 Å². The molecule has 1 atom stereocenters. The monoisotopic (exact) mass is 454 g/mol. The maximum absolute atomic E-state index is 13.0. The molecular weight excluding hydrogens is 428 g/mol. The van der Waals surface area contributed by atoms with Crippen molar-refractivity contribution in [3.8, 4) is 6.07 Å². The van der Waals surface area contributed by atoms with Crippen LogP contribution in [0.5, 0.6) is 0 Å². The Balaban J connectivity index is 1.49. The fourth-order valence-electron chi connectivity index (χ4n) is 4.24. The Morgan fingerprint density at radius 3 is 2.15 bits per heavy atom. The number of benzene rings is 2. The molecular formula is C26H26N6O2. The molecule has 0 saturated heterocycles. The number of imidazole rings is 1. The molecule has 34 heavy (non-hydrogen) atoms. The lowest BCUT2D eigenvalue weighted by Gasteiger charge is -2.20. The first-order chi connectivity index (χ1) is 16.4. The summed E-state index contributed by atoms with van der Waals surface area (Å²) in [5, 5.41) is 12.8. The molecule has 2 aromatic carbocycles. The number of aryl methyl sites for hydroxylation is 1. The topological polar surface area (TPSA) is 94.3 Å². The van der Waals surface area contributed by atoms with Crippen LogP contribution in [-0.2, 0) is 16.6 Å². The summed E-state index contributed by atoms with van der Waals surface area (Å²) in [7, 11) is 5.52. The second-order valence-electron chi connectivity index (χ2n) is 8.15. The van der Waals surface area contributed by atoms with Crippen molar-refractivity contribution in [1.82, 2.24) is 14.9 Å². The fourth-order valence-corrected chi connectivity index (χ4v) is 4.24. The zero-order valence-electron chi connectivity index (χ0n) is 19.4. The Bertz CT molecular complexity index is 1260. The summed E-state index contributed by atoms with van der Waals surface area (Å²) < 4.78 is 1.85. The standard InChI is InChI=1S/C26H26N6O2/c1-30-16-15-28-25(30)24(18-9-5-4-6-10-18)29-23(34)14-13-22(33)19(17-27)26-31(2)20-11-7-8-12-21(20)32(26)3/h4-12,15-16,24H,13-14H2,1-3H3,(H,29,34). The number of rotatable bonds is 7. The van der Waals surface area contributed by atoms with E-state index in [1.165, 1.54) is 0 Å². The Morgan fingerprint density at radius 1 is 0.971 bits per heavy atom. The van der Waals surface area contributed by atoms with Gasteiger partial charge in [0.2, 0.25) is 5.91 Å². The largest absolute Gasteiger partial charge is 0.342 e. The highest BCUT2D eigenvalue weighted by atomic mass is 16.2. The summed E-state index contributed by atoms with van der Waals surface area (Å²) in [6.07, 6.45) is 3.39. The summed E-state index contributed by atoms with van der Waals surface area (Å²) in [6.45, 7) is 0. The lowest BCUT2D eigenvalue weighted by atomic mass is 10.0. The van der Waals surface area contributed by atoms with Crippen LogP contribution in [0.15, 0.2) is 78.4 Å². The maximum atomic E-state index is 13.0. The van der Waals surface area contributed by atoms with Crippen LogP contribution < -0.4 is 15.1 Å². The van der Waals surface area contributed by atoms with Gasteiger partial charge in [-0.25, -0.2) is 4.98 Å². The van der Waals surface area contributed by atoms with E-state index < -0.39 is 6.04 Å². The number of Topliss-reactive ketones (excluding diaryl/α,β-unsaturated/α-hetero) is 1. The molecule has 1 N–H and O–H groups in total. The molecule has 0 radical (unpaired) electrons. The van der Waals surface area contributed by atoms with Crippen LogP contribution in [0, 0.1) is 11.3 Å². The fraction of sp³-hybridized carbons (Fsp3) is 0.231. The number of nitrogens with one attached hydrogen (secondary N) is 1. The third kappa shape index (κ3) is 4.28. The number of hydrogen-bond acceptors (Lipinski definition) is 6. The first-order valence-electron chi connectivity index (χ1n) is 11.0. The molecule has 1 aliphatic rings. The van der Waals surface area contributed by atoms with Crippen molar-refractivity contribution in [3.05, 3.63) is 89.8 Å². The number of carbonyl (C=O) groups is 2. The van der Waals surface area contributed by atoms with Crippen molar-refractivity contribution in [2.75, 3.05) is 23.9 Å². The molecule has 0 fully saturated rings. The van der Waals surface area contributed by atoms with Crippen LogP contribution >= 0.6 is 0 Å². The van der Waals surface area contributed by atoms with Crippen LogP contribution in [0.25, 0.3) is 0 Å². The number of nitriles is 1. The van der Waals surface area contributed by atoms with Crippen LogP contribution in [-0.4, -0.2) is 35.3 Å². The van der Waals surface area contributed by atoms with Crippen LogP contribution in [0.2, 0.25) is 0 Å². The van der Waals surface area contributed by atoms with Crippen molar-refractivity contribution in [1.29, 1.82) is 5.26 Å². The van der Waals surface area contributed by atoms with E-state index in [1.807, 2.05) is 96.3 Å². The van der Waals surface area contributed by atoms with Crippen LogP contribution in [0.3, 0.4) is 0 Å². The van der Waals surface area contributed by atoms with Crippen molar-refractivity contribution in [2.45, 2.75) is 18.9 Å². The lowest BCUT2D eigenvalue weighted by molar-refractivity contribution is -0.124. The van der Waals surface area contributed by atoms with Crippen molar-refractivity contribution in [3.63, 3.8) is 0 Å². The van der Waals surface area contributed by atoms with Crippen LogP contribution in [0.4, 0.5) is 11.4 Å². The second kappa shape index (κ2) is 9.63. The number of hydrogen-bond donors (Lipinski definition) is 1. The number of ketones is 1. The van der Waals surface area contributed by atoms with Gasteiger partial charge < -0.3 is 19.7 Å². The quantitative estimate of drug-likeness (QED) is 0.435. The maximum Gasteiger partial charge on any atom is 0.221 e. The third-order valence-electron chi connectivity index (χ3n) is 5.99. The number of amides is 1. The van der Waals surface area contributed by atoms with Gasteiger partial charge in [0.1, 0.15) is 29.3 Å². The first kappa shape index (κ1) is 22.8. The van der Waals surface area contributed by atoms with Gasteiger partial charge in [-0.3, -0.25) is 9.59 Å². The molecule has 8 nitrogen and oxygen atoms in total. The molecule has 1 amide bonds. The number of aromatic nitrogens is 2. The summed E-state index contributed by atoms with van der Waals surface area (Å²) in [5.41, 5.74) is 2.76. The van der Waals surface area contributed by atoms with Crippen LogP contribution in [0.1, 0.15) is 30.3 Å². The highest BCUT2D eigenvalue weighted by Gasteiger charge is 2.31. The Kier molecular flexibility index (Phi) is 6.46. The van der Waals surface area contributed by atoms with E-state index in [2.05, 4.69) is 16.4 Å². The molecule has 1 unspecified atom stereocenters. The predicted octanol–water partition coefficient (Wildman–Crippen LogP) is 3.30. The number of anilines is 2. The Labute approximate surface area is 198 Å². The predicted molar refractivity (Wildman–Crippen MR) is 130 cm³/mol. The van der Waals surface area contributed by atoms with Gasteiger partial charge in [-0.15, -0.1) is 0 Å². The highest BCUT2D eigenvalue weighted by molar-refractivity contribution is 6.03. The first-order valence-corrected chi connectivity index (χ1v) is 11.0. The SMILES string of the molecule is CN1C(=C(C#N)C(=O)CCC(=O)NC(c2ccccc2)c2nccn2C)N(C)c2ccccc21. The number of allylic oxidation sites excluding steroid dienone is 1. The zero-order valence-corrected chi connectivity index (χ0v) is 19.4. The number of nitrogens with zero attached hydrogens (tertiary/aromatic N) is 5. The molecule has 8 heteroatoms. The molecule has 2 heterocycles. The molecule has 1 aliphatic heterocycles. The molecule has 0 saturated carbocycles. The van der Waals surface area contributed by atoms with E-state index in [-0.39, 0.29) is 30.1 Å². The van der Waals surface area contributed by atoms with Crippen molar-refractivity contribution in [2.24, 2.45) is 7.05 Å². The summed E-state index contributed by atoms with van der Waals surface area (Å²) in [4.78, 5) is 33.9. The van der Waals surface area contributed by atoms with Gasteiger partial charge in [0.05, 0.1) is 11.4 Å². The molecule has 1 aromatic heterocycles. The van der Waals surface area contributed by atoms with E-state index in [1.54, 1.807) is 6.20 Å². The molecule has 3 aromatic rings. The number of carbonyl (C=O) groups excluding carboxylic acids is 2. The van der Waals surface area contributed by atoms with Gasteiger partial charge in [-0.1, -0.05) is 42.5 Å². The summed E-state index contributed by atoms with van der Waals surface area (Å²) in [6, 6.07) is 18.9. The molecule has 0 aliphatic carbocycles. The minimum absolute atomic E-state index is 0.0363. The average molecular weight is 455 g/mol. The van der Waals surface area contributed by atoms with E-state index in [9.17, 15) is 14.9 Å². The molecule has 0 spiro atoms. The normalized spacial score (nSPS) is 13.3. The molecule has 172 valence electrons. The molecule has 4 rings (SSSR count). The van der Waals surface area contributed by atoms with E-state index in [0.29, 0.717) is 11.6 Å². The van der Waals surface area contributed by atoms with Crippen molar-refractivity contribution >= 4 is 23.1 Å². The minimum Gasteiger partial charge on any atom is -0.342 e. The minimum atomic E-state index is -0.445. The van der Waals surface area contributed by atoms with E-state index in [0.717, 1.165) is 16.9 Å². The Morgan fingerprint density at radius 2 is 1.59 bits per heavy atom. The van der Waals surface area contributed by atoms with Gasteiger partial charge in [-0.2, -0.15) is 5.26 Å². The lowest BCUT2D eigenvalue weighted by Crippen LogP contribution is -2.31. The second-order valence-corrected chi connectivity index (χ2v) is 8.15.